The Kier molecular flexibility index (Phi) is 5.71. The van der Waals surface area contributed by atoms with Gasteiger partial charge < -0.3 is 19.0 Å². The second-order valence-electron chi connectivity index (χ2n) is 9.05. The van der Waals surface area contributed by atoms with E-state index in [0.29, 0.717) is 25.3 Å². The third-order valence-electron chi connectivity index (χ3n) is 5.27. The Bertz CT molecular complexity index is 1160. The summed E-state index contributed by atoms with van der Waals surface area (Å²) in [6.45, 7) is 8.45. The Morgan fingerprint density at radius 2 is 1.94 bits per heavy atom. The fourth-order valence-corrected chi connectivity index (χ4v) is 3.75. The first-order valence-electron chi connectivity index (χ1n) is 10.6. The van der Waals surface area contributed by atoms with Crippen LogP contribution in [0.25, 0.3) is 22.4 Å². The van der Waals surface area contributed by atoms with Crippen molar-refractivity contribution in [3.05, 3.63) is 42.1 Å². The number of hydrogen-bond acceptors (Lipinski definition) is 6. The summed E-state index contributed by atoms with van der Waals surface area (Å²) in [6, 6.07) is 7.05. The Hall–Kier alpha value is -3.30. The van der Waals surface area contributed by atoms with Crippen LogP contribution in [-0.4, -0.2) is 52.2 Å². The number of nitrogens with zero attached hydrogens (tertiary/aromatic N) is 4. The number of ether oxygens (including phenoxy) is 1. The number of halogens is 3. The van der Waals surface area contributed by atoms with Crippen LogP contribution in [0.2, 0.25) is 0 Å². The van der Waals surface area contributed by atoms with Gasteiger partial charge in [-0.25, -0.2) is 4.79 Å². The van der Waals surface area contributed by atoms with Gasteiger partial charge in [0.15, 0.2) is 5.58 Å². The van der Waals surface area contributed by atoms with E-state index in [1.54, 1.807) is 43.9 Å². The molecule has 1 aromatic carbocycles. The van der Waals surface area contributed by atoms with Gasteiger partial charge in [-0.1, -0.05) is 6.07 Å². The van der Waals surface area contributed by atoms with Crippen LogP contribution in [0.1, 0.15) is 33.3 Å². The van der Waals surface area contributed by atoms with E-state index < -0.39 is 23.4 Å². The van der Waals surface area contributed by atoms with Crippen molar-refractivity contribution in [3.8, 4) is 11.3 Å². The van der Waals surface area contributed by atoms with E-state index >= 15 is 0 Å². The molecule has 1 aliphatic heterocycles. The minimum Gasteiger partial charge on any atom is -0.444 e. The molecule has 1 saturated heterocycles. The fourth-order valence-electron chi connectivity index (χ4n) is 3.75. The van der Waals surface area contributed by atoms with Crippen LogP contribution < -0.4 is 4.90 Å². The molecule has 1 amide bonds. The van der Waals surface area contributed by atoms with E-state index in [-0.39, 0.29) is 28.7 Å². The van der Waals surface area contributed by atoms with Gasteiger partial charge in [0.05, 0.1) is 11.3 Å². The summed E-state index contributed by atoms with van der Waals surface area (Å²) in [4.78, 5) is 24.4. The van der Waals surface area contributed by atoms with Crippen molar-refractivity contribution in [1.82, 2.24) is 14.9 Å². The van der Waals surface area contributed by atoms with Crippen molar-refractivity contribution in [2.45, 2.75) is 45.5 Å². The summed E-state index contributed by atoms with van der Waals surface area (Å²) >= 11 is 0. The summed E-state index contributed by atoms with van der Waals surface area (Å²) in [5.41, 5.74) is -0.507. The molecular weight excluding hydrogens is 437 g/mol. The van der Waals surface area contributed by atoms with Gasteiger partial charge in [-0.05, 0) is 52.0 Å². The zero-order chi connectivity index (χ0) is 24.0. The largest absolute Gasteiger partial charge is 0.444 e. The number of carbonyl (C=O) groups is 1. The van der Waals surface area contributed by atoms with E-state index in [1.165, 1.54) is 6.20 Å². The molecule has 1 fully saturated rings. The fraction of sp³-hybridized carbons (Fsp3) is 0.435. The van der Waals surface area contributed by atoms with E-state index in [0.717, 1.165) is 12.1 Å². The van der Waals surface area contributed by atoms with Crippen molar-refractivity contribution in [2.75, 3.05) is 24.5 Å². The number of rotatable bonds is 2. The number of alkyl halides is 3. The van der Waals surface area contributed by atoms with Crippen molar-refractivity contribution in [2.24, 2.45) is 0 Å². The Balaban J connectivity index is 1.66. The molecule has 33 heavy (non-hydrogen) atoms. The van der Waals surface area contributed by atoms with Crippen LogP contribution >= 0.6 is 0 Å². The number of fused-ring (bicyclic) bond motifs is 1. The lowest BCUT2D eigenvalue weighted by Gasteiger charge is -2.39. The zero-order valence-electron chi connectivity index (χ0n) is 18.8. The molecule has 0 aliphatic carbocycles. The lowest BCUT2D eigenvalue weighted by Crippen LogP contribution is -2.54. The van der Waals surface area contributed by atoms with Crippen molar-refractivity contribution < 1.29 is 27.1 Å². The highest BCUT2D eigenvalue weighted by molar-refractivity contribution is 5.91. The minimum atomic E-state index is -4.54. The highest BCUT2D eigenvalue weighted by atomic mass is 19.4. The number of hydrogen-bond donors (Lipinski definition) is 0. The quantitative estimate of drug-likeness (QED) is 0.511. The van der Waals surface area contributed by atoms with Gasteiger partial charge in [0.2, 0.25) is 0 Å². The molecule has 0 unspecified atom stereocenters. The molecule has 0 saturated carbocycles. The number of pyridine rings is 1. The summed E-state index contributed by atoms with van der Waals surface area (Å²) in [5.74, 6) is 0. The molecule has 10 heteroatoms. The molecule has 1 aliphatic rings. The highest BCUT2D eigenvalue weighted by Crippen LogP contribution is 2.38. The van der Waals surface area contributed by atoms with Crippen LogP contribution in [0, 0.1) is 0 Å². The smallest absolute Gasteiger partial charge is 0.416 e. The number of anilines is 1. The molecule has 0 spiro atoms. The van der Waals surface area contributed by atoms with Crippen LogP contribution in [-0.2, 0) is 10.9 Å². The van der Waals surface area contributed by atoms with Crippen molar-refractivity contribution in [3.63, 3.8) is 0 Å². The Morgan fingerprint density at radius 3 is 2.55 bits per heavy atom. The third kappa shape index (κ3) is 4.89. The maximum Gasteiger partial charge on any atom is 0.416 e. The molecule has 176 valence electrons. The first-order valence-corrected chi connectivity index (χ1v) is 10.6. The lowest BCUT2D eigenvalue weighted by atomic mass is 10.1. The van der Waals surface area contributed by atoms with Gasteiger partial charge >= 0.3 is 12.3 Å². The summed E-state index contributed by atoms with van der Waals surface area (Å²) in [7, 11) is 0. The normalized spacial score (nSPS) is 17.5. The van der Waals surface area contributed by atoms with Crippen molar-refractivity contribution in [1.29, 1.82) is 0 Å². The molecular formula is C23H25F3N4O3. The standard InChI is InChI=1S/C23H25F3N4O3/c1-14-13-29(21(31)33-22(2,3)4)9-10-30(14)20-28-18-12-15(23(24,25)26)11-16(19(18)32-20)17-7-5-6-8-27-17/h5-8,11-12,14H,9-10,13H2,1-4H3/t14-/m0/s1. The van der Waals surface area contributed by atoms with E-state index in [4.69, 9.17) is 9.15 Å². The van der Waals surface area contributed by atoms with Crippen LogP contribution in [0.3, 0.4) is 0 Å². The maximum absolute atomic E-state index is 13.5. The van der Waals surface area contributed by atoms with Gasteiger partial charge in [0.1, 0.15) is 11.1 Å². The van der Waals surface area contributed by atoms with E-state index in [2.05, 4.69) is 9.97 Å². The second kappa shape index (κ2) is 8.24. The number of oxazole rings is 1. The summed E-state index contributed by atoms with van der Waals surface area (Å²) in [6.07, 6.45) is -3.43. The van der Waals surface area contributed by atoms with Gasteiger partial charge in [0.25, 0.3) is 6.01 Å². The average Bonchev–Trinajstić information content (AvgIpc) is 3.15. The Morgan fingerprint density at radius 1 is 1.18 bits per heavy atom. The topological polar surface area (TPSA) is 71.7 Å². The van der Waals surface area contributed by atoms with Gasteiger partial charge in [-0.3, -0.25) is 4.98 Å². The second-order valence-corrected chi connectivity index (χ2v) is 9.05. The molecule has 1 atom stereocenters. The van der Waals surface area contributed by atoms with Gasteiger partial charge in [-0.2, -0.15) is 18.2 Å². The zero-order valence-corrected chi connectivity index (χ0v) is 18.8. The molecule has 7 nitrogen and oxygen atoms in total. The molecule has 3 heterocycles. The first kappa shape index (κ1) is 22.9. The SMILES string of the molecule is C[C@H]1CN(C(=O)OC(C)(C)C)CCN1c1nc2cc(C(F)(F)F)cc(-c3ccccn3)c2o1. The molecule has 0 radical (unpaired) electrons. The minimum absolute atomic E-state index is 0.0993. The molecule has 4 rings (SSSR count). The van der Waals surface area contributed by atoms with Gasteiger partial charge in [-0.15, -0.1) is 0 Å². The van der Waals surface area contributed by atoms with Crippen LogP contribution in [0.4, 0.5) is 24.0 Å². The van der Waals surface area contributed by atoms with E-state index in [1.807, 2.05) is 11.8 Å². The third-order valence-corrected chi connectivity index (χ3v) is 5.27. The lowest BCUT2D eigenvalue weighted by molar-refractivity contribution is -0.137. The number of piperazine rings is 1. The first-order chi connectivity index (χ1) is 15.4. The number of benzene rings is 1. The molecule has 3 aromatic rings. The van der Waals surface area contributed by atoms with Gasteiger partial charge in [0, 0.05) is 37.4 Å². The summed E-state index contributed by atoms with van der Waals surface area (Å²) in [5, 5.41) is 0. The number of carbonyl (C=O) groups excluding carboxylic acids is 1. The monoisotopic (exact) mass is 462 g/mol. The highest BCUT2D eigenvalue weighted by Gasteiger charge is 2.35. The summed E-state index contributed by atoms with van der Waals surface area (Å²) < 4.78 is 52.0. The van der Waals surface area contributed by atoms with Crippen LogP contribution in [0.15, 0.2) is 40.9 Å². The van der Waals surface area contributed by atoms with E-state index in [9.17, 15) is 18.0 Å². The number of aromatic nitrogens is 2. The maximum atomic E-state index is 13.5. The molecule has 0 bridgehead atoms. The van der Waals surface area contributed by atoms with Crippen molar-refractivity contribution >= 4 is 23.2 Å². The average molecular weight is 462 g/mol. The molecule has 0 N–H and O–H groups in total. The number of amides is 1. The predicted molar refractivity (Wildman–Crippen MR) is 117 cm³/mol. The predicted octanol–water partition coefficient (Wildman–Crippen LogP) is 5.35. The molecule has 2 aromatic heterocycles. The van der Waals surface area contributed by atoms with Crippen LogP contribution in [0.5, 0.6) is 0 Å². The Labute approximate surface area is 189 Å².